The Labute approximate surface area is 93.5 Å². The molecule has 0 heterocycles. The van der Waals surface area contributed by atoms with Crippen LogP contribution in [0, 0.1) is 0 Å². The molecule has 1 aromatic rings. The first-order valence-corrected chi connectivity index (χ1v) is 5.47. The van der Waals surface area contributed by atoms with Gasteiger partial charge in [0.05, 0.1) is 0 Å². The second-order valence-electron chi connectivity index (χ2n) is 3.57. The molecular formula is C11H16BrNO. The quantitative estimate of drug-likeness (QED) is 0.868. The van der Waals surface area contributed by atoms with Crippen LogP contribution in [0.25, 0.3) is 0 Å². The Hall–Kier alpha value is -0.380. The van der Waals surface area contributed by atoms with Crippen molar-refractivity contribution in [3.05, 3.63) is 34.3 Å². The number of hydrogen-bond acceptors (Lipinski definition) is 2. The van der Waals surface area contributed by atoms with Gasteiger partial charge in [0.15, 0.2) is 0 Å². The van der Waals surface area contributed by atoms with Crippen LogP contribution >= 0.6 is 15.9 Å². The predicted octanol–water partition coefficient (Wildman–Crippen LogP) is 2.27. The predicted molar refractivity (Wildman–Crippen MR) is 62.3 cm³/mol. The molecule has 0 radical (unpaired) electrons. The van der Waals surface area contributed by atoms with Gasteiger partial charge < -0.3 is 10.4 Å². The third-order valence-corrected chi connectivity index (χ3v) is 3.12. The fourth-order valence-corrected chi connectivity index (χ4v) is 1.87. The molecule has 1 aromatic carbocycles. The highest BCUT2D eigenvalue weighted by molar-refractivity contribution is 9.10. The van der Waals surface area contributed by atoms with E-state index in [9.17, 15) is 0 Å². The second-order valence-corrected chi connectivity index (χ2v) is 4.48. The normalized spacial score (nSPS) is 15.1. The number of hydrogen-bond donors (Lipinski definition) is 2. The maximum Gasteiger partial charge on any atom is 0.0451 e. The molecule has 0 spiro atoms. The minimum absolute atomic E-state index is 0.154. The van der Waals surface area contributed by atoms with Crippen LogP contribution in [-0.2, 0) is 5.54 Å². The van der Waals surface area contributed by atoms with E-state index >= 15 is 0 Å². The van der Waals surface area contributed by atoms with E-state index in [1.807, 2.05) is 19.2 Å². The Balaban J connectivity index is 2.99. The number of halogens is 1. The van der Waals surface area contributed by atoms with Gasteiger partial charge in [-0.25, -0.2) is 0 Å². The van der Waals surface area contributed by atoms with Crippen molar-refractivity contribution in [2.24, 2.45) is 0 Å². The Morgan fingerprint density at radius 3 is 2.71 bits per heavy atom. The van der Waals surface area contributed by atoms with Crippen molar-refractivity contribution < 1.29 is 5.11 Å². The Morgan fingerprint density at radius 2 is 2.21 bits per heavy atom. The summed E-state index contributed by atoms with van der Waals surface area (Å²) in [4.78, 5) is 0. The number of rotatable bonds is 4. The first-order valence-electron chi connectivity index (χ1n) is 4.68. The van der Waals surface area contributed by atoms with Crippen molar-refractivity contribution in [2.75, 3.05) is 13.7 Å². The van der Waals surface area contributed by atoms with Gasteiger partial charge in [-0.3, -0.25) is 0 Å². The molecule has 0 amide bonds. The molecule has 0 fully saturated rings. The molecule has 0 aromatic heterocycles. The standard InChI is InChI=1S/C11H16BrNO/c1-11(13-2,6-7-14)9-4-3-5-10(12)8-9/h3-5,8,13-14H,6-7H2,1-2H3. The van der Waals surface area contributed by atoms with Crippen LogP contribution in [-0.4, -0.2) is 18.8 Å². The highest BCUT2D eigenvalue weighted by atomic mass is 79.9. The van der Waals surface area contributed by atoms with E-state index in [1.165, 1.54) is 5.56 Å². The van der Waals surface area contributed by atoms with Crippen LogP contribution in [0.2, 0.25) is 0 Å². The molecule has 78 valence electrons. The number of benzene rings is 1. The molecule has 1 unspecified atom stereocenters. The maximum atomic E-state index is 9.01. The summed E-state index contributed by atoms with van der Waals surface area (Å²) < 4.78 is 1.06. The van der Waals surface area contributed by atoms with E-state index in [2.05, 4.69) is 40.3 Å². The van der Waals surface area contributed by atoms with Gasteiger partial charge in [0.1, 0.15) is 0 Å². The Morgan fingerprint density at radius 1 is 1.50 bits per heavy atom. The van der Waals surface area contributed by atoms with Crippen LogP contribution in [0.15, 0.2) is 28.7 Å². The topological polar surface area (TPSA) is 32.3 Å². The van der Waals surface area contributed by atoms with Gasteiger partial charge >= 0.3 is 0 Å². The first kappa shape index (κ1) is 11.7. The molecule has 2 N–H and O–H groups in total. The summed E-state index contributed by atoms with van der Waals surface area (Å²) in [6.07, 6.45) is 0.708. The summed E-state index contributed by atoms with van der Waals surface area (Å²) in [5.41, 5.74) is 1.03. The third-order valence-electron chi connectivity index (χ3n) is 2.63. The molecule has 0 aliphatic rings. The zero-order valence-corrected chi connectivity index (χ0v) is 10.1. The van der Waals surface area contributed by atoms with E-state index < -0.39 is 0 Å². The summed E-state index contributed by atoms with van der Waals surface area (Å²) in [6.45, 7) is 2.27. The van der Waals surface area contributed by atoms with Crippen molar-refractivity contribution in [1.29, 1.82) is 0 Å². The molecule has 1 rings (SSSR count). The Bertz CT molecular complexity index is 303. The summed E-state index contributed by atoms with van der Waals surface area (Å²) >= 11 is 3.44. The lowest BCUT2D eigenvalue weighted by Gasteiger charge is -2.29. The second kappa shape index (κ2) is 4.91. The molecule has 0 saturated heterocycles. The van der Waals surface area contributed by atoms with E-state index in [4.69, 9.17) is 5.11 Å². The maximum absolute atomic E-state index is 9.01. The lowest BCUT2D eigenvalue weighted by atomic mass is 9.89. The third kappa shape index (κ3) is 2.56. The van der Waals surface area contributed by atoms with Crippen molar-refractivity contribution in [3.63, 3.8) is 0 Å². The number of aliphatic hydroxyl groups excluding tert-OH is 1. The smallest absolute Gasteiger partial charge is 0.0451 e. The molecule has 0 aliphatic heterocycles. The van der Waals surface area contributed by atoms with E-state index in [0.29, 0.717) is 6.42 Å². The minimum Gasteiger partial charge on any atom is -0.396 e. The van der Waals surface area contributed by atoms with Gasteiger partial charge in [0.2, 0.25) is 0 Å². The fraction of sp³-hybridized carbons (Fsp3) is 0.455. The zero-order valence-electron chi connectivity index (χ0n) is 8.55. The number of nitrogens with one attached hydrogen (secondary N) is 1. The lowest BCUT2D eigenvalue weighted by Crippen LogP contribution is -2.37. The molecule has 0 saturated carbocycles. The molecule has 1 atom stereocenters. The van der Waals surface area contributed by atoms with Gasteiger partial charge in [0, 0.05) is 16.6 Å². The largest absolute Gasteiger partial charge is 0.396 e. The first-order chi connectivity index (χ1) is 6.62. The Kier molecular flexibility index (Phi) is 4.11. The minimum atomic E-state index is -0.154. The van der Waals surface area contributed by atoms with Crippen molar-refractivity contribution in [3.8, 4) is 0 Å². The molecular weight excluding hydrogens is 242 g/mol. The van der Waals surface area contributed by atoms with Crippen molar-refractivity contribution in [1.82, 2.24) is 5.32 Å². The van der Waals surface area contributed by atoms with Crippen LogP contribution in [0.4, 0.5) is 0 Å². The van der Waals surface area contributed by atoms with Crippen molar-refractivity contribution in [2.45, 2.75) is 18.9 Å². The monoisotopic (exact) mass is 257 g/mol. The van der Waals surface area contributed by atoms with Crippen LogP contribution in [0.5, 0.6) is 0 Å². The number of aliphatic hydroxyl groups is 1. The van der Waals surface area contributed by atoms with Crippen LogP contribution in [0.3, 0.4) is 0 Å². The molecule has 14 heavy (non-hydrogen) atoms. The van der Waals surface area contributed by atoms with E-state index in [1.54, 1.807) is 0 Å². The fourth-order valence-electron chi connectivity index (χ4n) is 1.47. The summed E-state index contributed by atoms with van der Waals surface area (Å²) in [6, 6.07) is 8.15. The average Bonchev–Trinajstić information content (AvgIpc) is 2.18. The molecule has 3 heteroatoms. The average molecular weight is 258 g/mol. The van der Waals surface area contributed by atoms with E-state index in [-0.39, 0.29) is 12.1 Å². The van der Waals surface area contributed by atoms with E-state index in [0.717, 1.165) is 4.47 Å². The van der Waals surface area contributed by atoms with Gasteiger partial charge in [-0.15, -0.1) is 0 Å². The van der Waals surface area contributed by atoms with Gasteiger partial charge in [-0.1, -0.05) is 28.1 Å². The summed E-state index contributed by atoms with van der Waals surface area (Å²) in [5, 5.41) is 12.3. The highest BCUT2D eigenvalue weighted by Crippen LogP contribution is 2.26. The zero-order chi connectivity index (χ0) is 10.6. The lowest BCUT2D eigenvalue weighted by molar-refractivity contribution is 0.228. The van der Waals surface area contributed by atoms with Gasteiger partial charge in [-0.05, 0) is 38.1 Å². The SMILES string of the molecule is CNC(C)(CCO)c1cccc(Br)c1. The summed E-state index contributed by atoms with van der Waals surface area (Å²) in [5.74, 6) is 0. The van der Waals surface area contributed by atoms with Crippen LogP contribution < -0.4 is 5.32 Å². The molecule has 2 nitrogen and oxygen atoms in total. The van der Waals surface area contributed by atoms with Crippen LogP contribution in [0.1, 0.15) is 18.9 Å². The molecule has 0 bridgehead atoms. The van der Waals surface area contributed by atoms with Crippen molar-refractivity contribution >= 4 is 15.9 Å². The highest BCUT2D eigenvalue weighted by Gasteiger charge is 2.23. The summed E-state index contributed by atoms with van der Waals surface area (Å²) in [7, 11) is 1.91. The van der Waals surface area contributed by atoms with Gasteiger partial charge in [0.25, 0.3) is 0 Å². The van der Waals surface area contributed by atoms with Gasteiger partial charge in [-0.2, -0.15) is 0 Å². The molecule has 0 aliphatic carbocycles.